The van der Waals surface area contributed by atoms with Gasteiger partial charge in [-0.05, 0) is 67.9 Å². The van der Waals surface area contributed by atoms with Crippen LogP contribution in [0.2, 0.25) is 0 Å². The zero-order valence-electron chi connectivity index (χ0n) is 20.9. The molecule has 208 valence electrons. The van der Waals surface area contributed by atoms with Gasteiger partial charge in [0.2, 0.25) is 0 Å². The average Bonchev–Trinajstić information content (AvgIpc) is 3.03. The van der Waals surface area contributed by atoms with Crippen LogP contribution in [0.4, 0.5) is 48.2 Å². The van der Waals surface area contributed by atoms with E-state index in [1.807, 2.05) is 0 Å². The second kappa shape index (κ2) is 10.1. The Balaban J connectivity index is 1.61. The number of imide groups is 1. The van der Waals surface area contributed by atoms with E-state index in [2.05, 4.69) is 10.1 Å². The number of nitrogens with zero attached hydrogens (tertiary/aromatic N) is 3. The molecule has 1 aliphatic heterocycles. The van der Waals surface area contributed by atoms with E-state index in [0.717, 1.165) is 24.3 Å². The fourth-order valence-corrected chi connectivity index (χ4v) is 4.18. The topological polar surface area (TPSA) is 85.7 Å². The third kappa shape index (κ3) is 5.66. The molecule has 40 heavy (non-hydrogen) atoms. The number of carbonyl (C=O) groups is 2. The standard InChI is InChI=1S/C27H20F6N4O3/c1-25(2)23(38)37(19-10-7-16(14-34)21(13-19)26(28,29)30)24(39)36(25)15-17-5-3-4-6-22(17)35-18-8-11-20(12-9-18)40-27(31,32)33/h3-13,35H,15H2,1-2H3. The summed E-state index contributed by atoms with van der Waals surface area (Å²) in [6.45, 7) is 2.78. The first-order chi connectivity index (χ1) is 18.6. The smallest absolute Gasteiger partial charge is 0.406 e. The number of nitriles is 1. The predicted molar refractivity (Wildman–Crippen MR) is 132 cm³/mol. The van der Waals surface area contributed by atoms with Crippen molar-refractivity contribution in [1.29, 1.82) is 5.26 Å². The lowest BCUT2D eigenvalue weighted by Gasteiger charge is -2.28. The summed E-state index contributed by atoms with van der Waals surface area (Å²) in [5, 5.41) is 12.1. The van der Waals surface area contributed by atoms with E-state index in [-0.39, 0.29) is 12.2 Å². The molecule has 0 aromatic heterocycles. The molecule has 0 radical (unpaired) electrons. The van der Waals surface area contributed by atoms with Gasteiger partial charge in [-0.15, -0.1) is 13.2 Å². The monoisotopic (exact) mass is 562 g/mol. The molecule has 0 bridgehead atoms. The van der Waals surface area contributed by atoms with Crippen molar-refractivity contribution in [1.82, 2.24) is 4.90 Å². The number of anilines is 3. The Morgan fingerprint density at radius 2 is 1.60 bits per heavy atom. The van der Waals surface area contributed by atoms with E-state index in [1.165, 1.54) is 36.9 Å². The van der Waals surface area contributed by atoms with Gasteiger partial charge in [-0.25, -0.2) is 9.69 Å². The number of hydrogen-bond acceptors (Lipinski definition) is 5. The first kappa shape index (κ1) is 28.3. The van der Waals surface area contributed by atoms with Crippen LogP contribution in [0.3, 0.4) is 0 Å². The van der Waals surface area contributed by atoms with Gasteiger partial charge in [0.15, 0.2) is 0 Å². The van der Waals surface area contributed by atoms with Gasteiger partial charge >= 0.3 is 18.6 Å². The first-order valence-corrected chi connectivity index (χ1v) is 11.6. The van der Waals surface area contributed by atoms with Crippen LogP contribution < -0.4 is 15.0 Å². The summed E-state index contributed by atoms with van der Waals surface area (Å²) < 4.78 is 81.7. The third-order valence-corrected chi connectivity index (χ3v) is 6.22. The highest BCUT2D eigenvalue weighted by Crippen LogP contribution is 2.39. The maximum absolute atomic E-state index is 13.5. The van der Waals surface area contributed by atoms with Crippen LogP contribution in [-0.4, -0.2) is 28.7 Å². The number of halogens is 6. The molecule has 7 nitrogen and oxygen atoms in total. The van der Waals surface area contributed by atoms with Crippen molar-refractivity contribution in [3.8, 4) is 11.8 Å². The molecule has 3 aromatic rings. The number of carbonyl (C=O) groups excluding carboxylic acids is 2. The van der Waals surface area contributed by atoms with E-state index in [9.17, 15) is 35.9 Å². The molecule has 0 saturated carbocycles. The van der Waals surface area contributed by atoms with Crippen molar-refractivity contribution in [2.75, 3.05) is 10.2 Å². The normalized spacial score (nSPS) is 15.3. The molecular formula is C27H20F6N4O3. The highest BCUT2D eigenvalue weighted by Gasteiger charge is 2.52. The van der Waals surface area contributed by atoms with Crippen LogP contribution in [0.25, 0.3) is 0 Å². The Hall–Kier alpha value is -4.73. The summed E-state index contributed by atoms with van der Waals surface area (Å²) in [6, 6.07) is 14.8. The highest BCUT2D eigenvalue weighted by molar-refractivity contribution is 6.23. The Morgan fingerprint density at radius 1 is 0.950 bits per heavy atom. The number of benzene rings is 3. The highest BCUT2D eigenvalue weighted by atomic mass is 19.4. The number of urea groups is 1. The van der Waals surface area contributed by atoms with Gasteiger partial charge < -0.3 is 15.0 Å². The fourth-order valence-electron chi connectivity index (χ4n) is 4.18. The van der Waals surface area contributed by atoms with Gasteiger partial charge in [-0.3, -0.25) is 4.79 Å². The second-order valence-electron chi connectivity index (χ2n) is 9.26. The largest absolute Gasteiger partial charge is 0.573 e. The van der Waals surface area contributed by atoms with E-state index in [0.29, 0.717) is 27.9 Å². The Bertz CT molecular complexity index is 1490. The number of amides is 3. The van der Waals surface area contributed by atoms with E-state index < -0.39 is 46.9 Å². The minimum atomic E-state index is -4.89. The van der Waals surface area contributed by atoms with Crippen LogP contribution in [0.1, 0.15) is 30.5 Å². The van der Waals surface area contributed by atoms with Crippen LogP contribution in [0, 0.1) is 11.3 Å². The van der Waals surface area contributed by atoms with Gasteiger partial charge in [-0.1, -0.05) is 18.2 Å². The molecule has 1 saturated heterocycles. The molecule has 0 atom stereocenters. The third-order valence-electron chi connectivity index (χ3n) is 6.22. The van der Waals surface area contributed by atoms with E-state index in [4.69, 9.17) is 5.26 Å². The van der Waals surface area contributed by atoms with Crippen molar-refractivity contribution < 1.29 is 40.7 Å². The van der Waals surface area contributed by atoms with Gasteiger partial charge in [-0.2, -0.15) is 18.4 Å². The molecule has 0 aliphatic carbocycles. The molecule has 3 aromatic carbocycles. The maximum Gasteiger partial charge on any atom is 0.573 e. The molecule has 1 fully saturated rings. The predicted octanol–water partition coefficient (Wildman–Crippen LogP) is 6.97. The maximum atomic E-state index is 13.5. The minimum Gasteiger partial charge on any atom is -0.406 e. The van der Waals surface area contributed by atoms with Crippen molar-refractivity contribution in [3.05, 3.63) is 83.4 Å². The van der Waals surface area contributed by atoms with Crippen LogP contribution in [-0.2, 0) is 17.5 Å². The molecule has 0 spiro atoms. The SMILES string of the molecule is CC1(C)C(=O)N(c2ccc(C#N)c(C(F)(F)F)c2)C(=O)N1Cc1ccccc1Nc1ccc(OC(F)(F)F)cc1. The Labute approximate surface area is 224 Å². The van der Waals surface area contributed by atoms with Crippen LogP contribution in [0.15, 0.2) is 66.7 Å². The number of para-hydroxylation sites is 1. The second-order valence-corrected chi connectivity index (χ2v) is 9.26. The molecule has 13 heteroatoms. The zero-order valence-corrected chi connectivity index (χ0v) is 20.9. The van der Waals surface area contributed by atoms with Crippen LogP contribution >= 0.6 is 0 Å². The van der Waals surface area contributed by atoms with E-state index >= 15 is 0 Å². The van der Waals surface area contributed by atoms with Crippen molar-refractivity contribution in [3.63, 3.8) is 0 Å². The molecule has 1 N–H and O–H groups in total. The molecule has 0 unspecified atom stereocenters. The lowest BCUT2D eigenvalue weighted by atomic mass is 10.0. The molecule has 3 amide bonds. The quantitative estimate of drug-likeness (QED) is 0.259. The summed E-state index contributed by atoms with van der Waals surface area (Å²) in [5.41, 5.74) is -2.31. The van der Waals surface area contributed by atoms with Crippen LogP contribution in [0.5, 0.6) is 5.75 Å². The molecule has 4 rings (SSSR count). The summed E-state index contributed by atoms with van der Waals surface area (Å²) in [7, 11) is 0. The number of ether oxygens (including phenoxy) is 1. The lowest BCUT2D eigenvalue weighted by molar-refractivity contribution is -0.274. The summed E-state index contributed by atoms with van der Waals surface area (Å²) in [5.74, 6) is -1.17. The van der Waals surface area contributed by atoms with Crippen molar-refractivity contribution >= 4 is 29.0 Å². The molecule has 1 heterocycles. The number of rotatable bonds is 6. The summed E-state index contributed by atoms with van der Waals surface area (Å²) in [4.78, 5) is 28.5. The number of alkyl halides is 6. The van der Waals surface area contributed by atoms with Gasteiger partial charge in [0.1, 0.15) is 11.3 Å². The van der Waals surface area contributed by atoms with E-state index in [1.54, 1.807) is 24.3 Å². The average molecular weight is 562 g/mol. The fraction of sp³-hybridized carbons (Fsp3) is 0.222. The minimum absolute atomic E-state index is 0.130. The zero-order chi connectivity index (χ0) is 29.5. The first-order valence-electron chi connectivity index (χ1n) is 11.6. The Morgan fingerprint density at radius 3 is 2.20 bits per heavy atom. The van der Waals surface area contributed by atoms with Gasteiger partial charge in [0.25, 0.3) is 5.91 Å². The Kier molecular flexibility index (Phi) is 7.14. The molecular weight excluding hydrogens is 542 g/mol. The van der Waals surface area contributed by atoms with Crippen molar-refractivity contribution in [2.24, 2.45) is 0 Å². The lowest BCUT2D eigenvalue weighted by Crippen LogP contribution is -2.43. The molecule has 1 aliphatic rings. The van der Waals surface area contributed by atoms with Crippen molar-refractivity contribution in [2.45, 2.75) is 38.5 Å². The summed E-state index contributed by atoms with van der Waals surface area (Å²) in [6.07, 6.45) is -9.72. The number of nitrogens with one attached hydrogen (secondary N) is 1. The number of hydrogen-bond donors (Lipinski definition) is 1. The summed E-state index contributed by atoms with van der Waals surface area (Å²) >= 11 is 0. The van der Waals surface area contributed by atoms with Gasteiger partial charge in [0.05, 0.1) is 29.4 Å². The van der Waals surface area contributed by atoms with Gasteiger partial charge in [0, 0.05) is 11.4 Å².